The summed E-state index contributed by atoms with van der Waals surface area (Å²) < 4.78 is 11.6. The van der Waals surface area contributed by atoms with Crippen LogP contribution in [0.25, 0.3) is 0 Å². The molecule has 106 valence electrons. The van der Waals surface area contributed by atoms with Gasteiger partial charge in [-0.05, 0) is 30.7 Å². The van der Waals surface area contributed by atoms with Gasteiger partial charge in [0.2, 0.25) is 8.38 Å². The summed E-state index contributed by atoms with van der Waals surface area (Å²) >= 11 is 12.0. The molecule has 0 aliphatic heterocycles. The van der Waals surface area contributed by atoms with Gasteiger partial charge in [0, 0.05) is 5.02 Å². The maximum Gasteiger partial charge on any atom is 0.234 e. The molecule has 0 heterocycles. The first-order chi connectivity index (χ1) is 9.69. The minimum atomic E-state index is -1.07. The fraction of sp³-hybridized carbons (Fsp3) is 0.200. The number of benzene rings is 2. The normalized spacial score (nSPS) is 12.2. The van der Waals surface area contributed by atoms with Crippen molar-refractivity contribution in [2.75, 3.05) is 6.61 Å². The van der Waals surface area contributed by atoms with Crippen LogP contribution in [0.15, 0.2) is 48.5 Å². The third kappa shape index (κ3) is 4.64. The van der Waals surface area contributed by atoms with E-state index in [1.54, 1.807) is 18.2 Å². The molecule has 0 spiro atoms. The van der Waals surface area contributed by atoms with Crippen molar-refractivity contribution in [1.82, 2.24) is 0 Å². The SMILES string of the molecule is CCOP(Cc1ccccc1)Oc1ccc(Cl)cc1Cl. The Bertz CT molecular complexity index is 549. The minimum Gasteiger partial charge on any atom is -0.445 e. The first-order valence-corrected chi connectivity index (χ1v) is 8.38. The highest BCUT2D eigenvalue weighted by Crippen LogP contribution is 2.45. The van der Waals surface area contributed by atoms with Gasteiger partial charge in [0.25, 0.3) is 0 Å². The molecule has 20 heavy (non-hydrogen) atoms. The first kappa shape index (κ1) is 15.6. The minimum absolute atomic E-state index is 0.498. The van der Waals surface area contributed by atoms with Crippen molar-refractivity contribution < 1.29 is 9.05 Å². The molecule has 0 bridgehead atoms. The Labute approximate surface area is 130 Å². The molecule has 0 saturated heterocycles. The Balaban J connectivity index is 2.09. The van der Waals surface area contributed by atoms with Crippen molar-refractivity contribution >= 4 is 31.6 Å². The molecular formula is C15H15Cl2O2P. The van der Waals surface area contributed by atoms with Gasteiger partial charge in [0.1, 0.15) is 5.75 Å². The summed E-state index contributed by atoms with van der Waals surface area (Å²) in [6.07, 6.45) is 0.725. The molecule has 0 saturated carbocycles. The summed E-state index contributed by atoms with van der Waals surface area (Å²) in [5, 5.41) is 1.09. The maximum atomic E-state index is 6.12. The molecule has 0 fully saturated rings. The lowest BCUT2D eigenvalue weighted by Gasteiger charge is -2.18. The molecule has 2 aromatic rings. The topological polar surface area (TPSA) is 18.5 Å². The van der Waals surface area contributed by atoms with E-state index in [9.17, 15) is 0 Å². The van der Waals surface area contributed by atoms with Gasteiger partial charge in [-0.3, -0.25) is 0 Å². The second-order valence-corrected chi connectivity index (χ2v) is 6.33. The Morgan fingerprint density at radius 1 is 1.05 bits per heavy atom. The maximum absolute atomic E-state index is 6.12. The lowest BCUT2D eigenvalue weighted by molar-refractivity contribution is 0.333. The summed E-state index contributed by atoms with van der Waals surface area (Å²) in [4.78, 5) is 0. The van der Waals surface area contributed by atoms with E-state index in [4.69, 9.17) is 32.2 Å². The van der Waals surface area contributed by atoms with E-state index in [0.29, 0.717) is 22.4 Å². The van der Waals surface area contributed by atoms with Gasteiger partial charge in [0.15, 0.2) is 0 Å². The van der Waals surface area contributed by atoms with Crippen LogP contribution in [0.1, 0.15) is 12.5 Å². The molecule has 1 unspecified atom stereocenters. The number of halogens is 2. The van der Waals surface area contributed by atoms with Crippen LogP contribution in [-0.4, -0.2) is 6.61 Å². The van der Waals surface area contributed by atoms with Gasteiger partial charge in [0.05, 0.1) is 17.8 Å². The Morgan fingerprint density at radius 3 is 2.45 bits per heavy atom. The lowest BCUT2D eigenvalue weighted by atomic mass is 10.2. The van der Waals surface area contributed by atoms with Crippen LogP contribution < -0.4 is 4.52 Å². The zero-order valence-electron chi connectivity index (χ0n) is 11.1. The van der Waals surface area contributed by atoms with E-state index in [0.717, 1.165) is 6.16 Å². The van der Waals surface area contributed by atoms with Gasteiger partial charge >= 0.3 is 0 Å². The van der Waals surface area contributed by atoms with E-state index in [1.165, 1.54) is 5.56 Å². The highest BCUT2D eigenvalue weighted by atomic mass is 35.5. The zero-order chi connectivity index (χ0) is 14.4. The molecule has 0 amide bonds. The summed E-state index contributed by atoms with van der Waals surface area (Å²) in [7, 11) is -1.07. The molecule has 0 aromatic heterocycles. The van der Waals surface area contributed by atoms with Crippen LogP contribution in [0.4, 0.5) is 0 Å². The van der Waals surface area contributed by atoms with Gasteiger partial charge in [-0.2, -0.15) is 0 Å². The molecule has 2 aromatic carbocycles. The Morgan fingerprint density at radius 2 is 1.80 bits per heavy atom. The molecule has 2 rings (SSSR count). The van der Waals surface area contributed by atoms with Gasteiger partial charge < -0.3 is 9.05 Å². The fourth-order valence-corrected chi connectivity index (χ4v) is 3.52. The molecule has 0 aliphatic rings. The summed E-state index contributed by atoms with van der Waals surface area (Å²) in [5.74, 6) is 0.603. The molecule has 0 radical (unpaired) electrons. The van der Waals surface area contributed by atoms with E-state index < -0.39 is 8.38 Å². The van der Waals surface area contributed by atoms with E-state index in [-0.39, 0.29) is 0 Å². The Hall–Kier alpha value is -0.790. The van der Waals surface area contributed by atoms with Crippen LogP contribution in [0.5, 0.6) is 5.75 Å². The molecule has 0 N–H and O–H groups in total. The average molecular weight is 329 g/mol. The molecule has 1 atom stereocenters. The summed E-state index contributed by atoms with van der Waals surface area (Å²) in [6, 6.07) is 15.3. The van der Waals surface area contributed by atoms with Crippen LogP contribution in [0.3, 0.4) is 0 Å². The van der Waals surface area contributed by atoms with Crippen LogP contribution in [0.2, 0.25) is 10.0 Å². The van der Waals surface area contributed by atoms with E-state index in [1.807, 2.05) is 25.1 Å². The second kappa shape index (κ2) is 7.85. The predicted molar refractivity (Wildman–Crippen MR) is 85.8 cm³/mol. The van der Waals surface area contributed by atoms with Crippen molar-refractivity contribution in [2.24, 2.45) is 0 Å². The van der Waals surface area contributed by atoms with Crippen molar-refractivity contribution in [1.29, 1.82) is 0 Å². The molecular weight excluding hydrogens is 314 g/mol. The third-order valence-electron chi connectivity index (χ3n) is 2.52. The second-order valence-electron chi connectivity index (χ2n) is 4.06. The van der Waals surface area contributed by atoms with Crippen molar-refractivity contribution in [2.45, 2.75) is 13.1 Å². The lowest BCUT2D eigenvalue weighted by Crippen LogP contribution is -1.97. The van der Waals surface area contributed by atoms with Gasteiger partial charge in [-0.15, -0.1) is 0 Å². The van der Waals surface area contributed by atoms with Crippen molar-refractivity contribution in [3.8, 4) is 5.75 Å². The van der Waals surface area contributed by atoms with Gasteiger partial charge in [-0.25, -0.2) is 0 Å². The monoisotopic (exact) mass is 328 g/mol. The quantitative estimate of drug-likeness (QED) is 0.612. The number of rotatable bonds is 6. The highest BCUT2D eigenvalue weighted by molar-refractivity contribution is 7.46. The smallest absolute Gasteiger partial charge is 0.234 e. The zero-order valence-corrected chi connectivity index (χ0v) is 13.5. The predicted octanol–water partition coefficient (Wildman–Crippen LogP) is 5.92. The van der Waals surface area contributed by atoms with E-state index >= 15 is 0 Å². The third-order valence-corrected chi connectivity index (χ3v) is 4.62. The summed E-state index contributed by atoms with van der Waals surface area (Å²) in [5.41, 5.74) is 1.18. The first-order valence-electron chi connectivity index (χ1n) is 6.26. The van der Waals surface area contributed by atoms with Crippen LogP contribution in [-0.2, 0) is 10.7 Å². The summed E-state index contributed by atoms with van der Waals surface area (Å²) in [6.45, 7) is 2.55. The largest absolute Gasteiger partial charge is 0.445 e. The molecule has 0 aliphatic carbocycles. The van der Waals surface area contributed by atoms with Gasteiger partial charge in [-0.1, -0.05) is 53.5 Å². The average Bonchev–Trinajstić information content (AvgIpc) is 2.43. The Kier molecular flexibility index (Phi) is 6.12. The molecule has 2 nitrogen and oxygen atoms in total. The molecule has 5 heteroatoms. The standard InChI is InChI=1S/C15H15Cl2O2P/c1-2-18-20(11-12-6-4-3-5-7-12)19-15-9-8-13(16)10-14(15)17/h3-10H,2,11H2,1H3. The highest BCUT2D eigenvalue weighted by Gasteiger charge is 2.15. The van der Waals surface area contributed by atoms with Crippen LogP contribution >= 0.6 is 31.6 Å². The fourth-order valence-electron chi connectivity index (χ4n) is 1.64. The number of hydrogen-bond acceptors (Lipinski definition) is 2. The van der Waals surface area contributed by atoms with Crippen molar-refractivity contribution in [3.05, 3.63) is 64.1 Å². The number of hydrogen-bond donors (Lipinski definition) is 0. The van der Waals surface area contributed by atoms with Crippen LogP contribution in [0, 0.1) is 0 Å². The van der Waals surface area contributed by atoms with Crippen molar-refractivity contribution in [3.63, 3.8) is 0 Å². The van der Waals surface area contributed by atoms with E-state index in [2.05, 4.69) is 12.1 Å².